The molecule has 7 nitrogen and oxygen atoms in total. The first-order chi connectivity index (χ1) is 16.2. The summed E-state index contributed by atoms with van der Waals surface area (Å²) in [5, 5.41) is 10.1. The van der Waals surface area contributed by atoms with Gasteiger partial charge in [-0.3, -0.25) is 9.47 Å². The number of hydrogen-bond donors (Lipinski definition) is 0. The van der Waals surface area contributed by atoms with E-state index in [9.17, 15) is 0 Å². The first-order valence-corrected chi connectivity index (χ1v) is 12.4. The van der Waals surface area contributed by atoms with Gasteiger partial charge in [0, 0.05) is 11.4 Å². The van der Waals surface area contributed by atoms with Crippen molar-refractivity contribution in [1.29, 1.82) is 0 Å². The summed E-state index contributed by atoms with van der Waals surface area (Å²) in [6.45, 7) is 5.02. The molecule has 33 heavy (non-hydrogen) atoms. The van der Waals surface area contributed by atoms with Crippen molar-refractivity contribution in [2.24, 2.45) is 0 Å². The van der Waals surface area contributed by atoms with Gasteiger partial charge in [-0.2, -0.15) is 0 Å². The maximum absolute atomic E-state index is 5.89. The standard InChI is InChI=1S/C25H32N4O3S/c1-19(28-15-5-4-6-16-28)24-26-27-25(29(24)20-7-9-21(30-2)10-8-20)33-18-17-32-23-13-11-22(31-3)12-14-23/h7-14,19H,4-6,15-18H2,1-3H3. The van der Waals surface area contributed by atoms with Crippen molar-refractivity contribution in [2.75, 3.05) is 39.7 Å². The lowest BCUT2D eigenvalue weighted by Crippen LogP contribution is -2.33. The number of aromatic nitrogens is 3. The molecule has 8 heteroatoms. The first kappa shape index (κ1) is 23.4. The number of thioether (sulfide) groups is 1. The molecule has 4 rings (SSSR count). The Morgan fingerprint density at radius 2 is 1.45 bits per heavy atom. The van der Waals surface area contributed by atoms with Crippen LogP contribution in [-0.2, 0) is 0 Å². The largest absolute Gasteiger partial charge is 0.497 e. The molecule has 2 heterocycles. The third kappa shape index (κ3) is 5.81. The minimum absolute atomic E-state index is 0.199. The highest BCUT2D eigenvalue weighted by Crippen LogP contribution is 2.30. The maximum atomic E-state index is 5.89. The molecule has 0 aliphatic carbocycles. The average molecular weight is 469 g/mol. The SMILES string of the molecule is COc1ccc(OCCSc2nnc(C(C)N3CCCCC3)n2-c2ccc(OC)cc2)cc1. The summed E-state index contributed by atoms with van der Waals surface area (Å²) in [6.07, 6.45) is 3.79. The van der Waals surface area contributed by atoms with E-state index in [0.717, 1.165) is 52.8 Å². The minimum atomic E-state index is 0.199. The van der Waals surface area contributed by atoms with Crippen LogP contribution in [0.4, 0.5) is 0 Å². The van der Waals surface area contributed by atoms with Gasteiger partial charge in [0.25, 0.3) is 0 Å². The molecule has 1 aliphatic heterocycles. The molecule has 1 atom stereocenters. The third-order valence-electron chi connectivity index (χ3n) is 5.94. The number of benzene rings is 2. The molecule has 0 N–H and O–H groups in total. The van der Waals surface area contributed by atoms with E-state index in [1.807, 2.05) is 36.4 Å². The van der Waals surface area contributed by atoms with Crippen LogP contribution in [0.2, 0.25) is 0 Å². The van der Waals surface area contributed by atoms with E-state index >= 15 is 0 Å². The topological polar surface area (TPSA) is 61.6 Å². The summed E-state index contributed by atoms with van der Waals surface area (Å²) in [6, 6.07) is 15.9. The van der Waals surface area contributed by atoms with E-state index in [0.29, 0.717) is 6.61 Å². The maximum Gasteiger partial charge on any atom is 0.196 e. The molecule has 1 aliphatic rings. The highest BCUT2D eigenvalue weighted by atomic mass is 32.2. The van der Waals surface area contributed by atoms with Crippen LogP contribution < -0.4 is 14.2 Å². The number of methoxy groups -OCH3 is 2. The van der Waals surface area contributed by atoms with Crippen LogP contribution in [0, 0.1) is 0 Å². The van der Waals surface area contributed by atoms with E-state index in [2.05, 4.69) is 38.7 Å². The van der Waals surface area contributed by atoms with E-state index < -0.39 is 0 Å². The van der Waals surface area contributed by atoms with E-state index in [-0.39, 0.29) is 6.04 Å². The van der Waals surface area contributed by atoms with Gasteiger partial charge in [0.15, 0.2) is 11.0 Å². The fourth-order valence-electron chi connectivity index (χ4n) is 4.05. The van der Waals surface area contributed by atoms with Gasteiger partial charge >= 0.3 is 0 Å². The first-order valence-electron chi connectivity index (χ1n) is 11.4. The molecule has 0 radical (unpaired) electrons. The highest BCUT2D eigenvalue weighted by molar-refractivity contribution is 7.99. The van der Waals surface area contributed by atoms with Crippen LogP contribution in [-0.4, -0.2) is 59.3 Å². The summed E-state index contributed by atoms with van der Waals surface area (Å²) in [5.41, 5.74) is 1.04. The molecule has 176 valence electrons. The van der Waals surface area contributed by atoms with E-state index in [4.69, 9.17) is 14.2 Å². The molecule has 0 amide bonds. The second-order valence-corrected chi connectivity index (χ2v) is 9.08. The fraction of sp³-hybridized carbons (Fsp3) is 0.440. The Kier molecular flexibility index (Phi) is 8.12. The molecule has 0 bridgehead atoms. The number of hydrogen-bond acceptors (Lipinski definition) is 7. The Bertz CT molecular complexity index is 1000. The molecule has 3 aromatic rings. The van der Waals surface area contributed by atoms with Crippen LogP contribution in [0.5, 0.6) is 17.2 Å². The molecule has 2 aromatic carbocycles. The predicted octanol–water partition coefficient (Wildman–Crippen LogP) is 5.00. The Balaban J connectivity index is 1.49. The minimum Gasteiger partial charge on any atom is -0.497 e. The van der Waals surface area contributed by atoms with Crippen molar-refractivity contribution < 1.29 is 14.2 Å². The number of likely N-dealkylation sites (tertiary alicyclic amines) is 1. The number of ether oxygens (including phenoxy) is 3. The zero-order chi connectivity index (χ0) is 23.0. The van der Waals surface area contributed by atoms with Crippen molar-refractivity contribution in [1.82, 2.24) is 19.7 Å². The smallest absolute Gasteiger partial charge is 0.196 e. The lowest BCUT2D eigenvalue weighted by molar-refractivity contribution is 0.167. The molecular formula is C25H32N4O3S. The molecule has 1 aromatic heterocycles. The lowest BCUT2D eigenvalue weighted by atomic mass is 10.1. The normalized spacial score (nSPS) is 15.2. The van der Waals surface area contributed by atoms with Crippen LogP contribution in [0.3, 0.4) is 0 Å². The van der Waals surface area contributed by atoms with Crippen LogP contribution in [0.1, 0.15) is 38.1 Å². The van der Waals surface area contributed by atoms with Gasteiger partial charge in [-0.15, -0.1) is 10.2 Å². The van der Waals surface area contributed by atoms with Crippen molar-refractivity contribution >= 4 is 11.8 Å². The van der Waals surface area contributed by atoms with Gasteiger partial charge in [0.05, 0.1) is 26.9 Å². The summed E-state index contributed by atoms with van der Waals surface area (Å²) in [4.78, 5) is 2.51. The van der Waals surface area contributed by atoms with Gasteiger partial charge in [-0.25, -0.2) is 0 Å². The van der Waals surface area contributed by atoms with Crippen molar-refractivity contribution in [2.45, 2.75) is 37.4 Å². The second kappa shape index (κ2) is 11.4. The zero-order valence-corrected chi connectivity index (χ0v) is 20.4. The molecular weight excluding hydrogens is 436 g/mol. The summed E-state index contributed by atoms with van der Waals surface area (Å²) >= 11 is 1.65. The number of piperidine rings is 1. The van der Waals surface area contributed by atoms with Crippen LogP contribution in [0.15, 0.2) is 53.7 Å². The molecule has 1 fully saturated rings. The number of rotatable bonds is 10. The van der Waals surface area contributed by atoms with E-state index in [1.165, 1.54) is 19.3 Å². The fourth-order valence-corrected chi connectivity index (χ4v) is 4.83. The predicted molar refractivity (Wildman–Crippen MR) is 131 cm³/mol. The Morgan fingerprint density at radius 3 is 2.09 bits per heavy atom. The van der Waals surface area contributed by atoms with Gasteiger partial charge in [-0.1, -0.05) is 18.2 Å². The average Bonchev–Trinajstić information content (AvgIpc) is 3.31. The monoisotopic (exact) mass is 468 g/mol. The summed E-state index contributed by atoms with van der Waals surface area (Å²) in [7, 11) is 3.34. The zero-order valence-electron chi connectivity index (χ0n) is 19.6. The van der Waals surface area contributed by atoms with Crippen molar-refractivity contribution in [3.8, 4) is 22.9 Å². The van der Waals surface area contributed by atoms with E-state index in [1.54, 1.807) is 26.0 Å². The molecule has 1 saturated heterocycles. The Hall–Kier alpha value is -2.71. The number of nitrogens with zero attached hydrogens (tertiary/aromatic N) is 4. The van der Waals surface area contributed by atoms with Gasteiger partial charge in [-0.05, 0) is 81.4 Å². The molecule has 1 unspecified atom stereocenters. The Morgan fingerprint density at radius 1 is 0.848 bits per heavy atom. The highest BCUT2D eigenvalue weighted by Gasteiger charge is 2.25. The van der Waals surface area contributed by atoms with Crippen LogP contribution in [0.25, 0.3) is 5.69 Å². The second-order valence-electron chi connectivity index (χ2n) is 8.02. The van der Waals surface area contributed by atoms with Gasteiger partial charge in [0.2, 0.25) is 0 Å². The Labute approximate surface area is 200 Å². The molecule has 0 saturated carbocycles. The third-order valence-corrected chi connectivity index (χ3v) is 6.84. The van der Waals surface area contributed by atoms with Gasteiger partial charge in [0.1, 0.15) is 17.2 Å². The summed E-state index contributed by atoms with van der Waals surface area (Å²) < 4.78 is 18.6. The lowest BCUT2D eigenvalue weighted by Gasteiger charge is -2.31. The molecule has 0 spiro atoms. The van der Waals surface area contributed by atoms with Crippen molar-refractivity contribution in [3.05, 3.63) is 54.4 Å². The van der Waals surface area contributed by atoms with Crippen molar-refractivity contribution in [3.63, 3.8) is 0 Å². The quantitative estimate of drug-likeness (QED) is 0.306. The van der Waals surface area contributed by atoms with Gasteiger partial charge < -0.3 is 14.2 Å². The van der Waals surface area contributed by atoms with Crippen LogP contribution >= 0.6 is 11.8 Å². The summed E-state index contributed by atoms with van der Waals surface area (Å²) in [5.74, 6) is 4.21.